The lowest BCUT2D eigenvalue weighted by Gasteiger charge is -2.19. The fourth-order valence-corrected chi connectivity index (χ4v) is 3.69. The third kappa shape index (κ3) is 4.09. The van der Waals surface area contributed by atoms with Gasteiger partial charge in [-0.25, -0.2) is 9.36 Å². The van der Waals surface area contributed by atoms with Gasteiger partial charge in [0.25, 0.3) is 0 Å². The number of rotatable bonds is 6. The van der Waals surface area contributed by atoms with Crippen LogP contribution in [0.25, 0.3) is 5.69 Å². The molecule has 1 aliphatic rings. The third-order valence-electron chi connectivity index (χ3n) is 4.40. The molecule has 1 aliphatic carbocycles. The molecule has 28 heavy (non-hydrogen) atoms. The Kier molecular flexibility index (Phi) is 4.92. The standard InChI is InChI=1S/C19H23N7OS/c1-19(2,3)26-18(21-23-24-26)28-12-17(27)20-16-11-15(13-9-10-13)22-25(16)14-7-5-4-6-8-14/h4-8,11,13H,9-10,12H2,1-3H3,(H,20,27). The molecule has 0 bridgehead atoms. The van der Waals surface area contributed by atoms with Gasteiger partial charge in [-0.15, -0.1) is 5.10 Å². The largest absolute Gasteiger partial charge is 0.310 e. The van der Waals surface area contributed by atoms with Gasteiger partial charge in [0.05, 0.1) is 22.7 Å². The highest BCUT2D eigenvalue weighted by Crippen LogP contribution is 2.40. The van der Waals surface area contributed by atoms with Crippen LogP contribution in [-0.2, 0) is 10.3 Å². The summed E-state index contributed by atoms with van der Waals surface area (Å²) in [6.07, 6.45) is 2.31. The van der Waals surface area contributed by atoms with Crippen LogP contribution >= 0.6 is 11.8 Å². The summed E-state index contributed by atoms with van der Waals surface area (Å²) in [7, 11) is 0. The number of nitrogens with zero attached hydrogens (tertiary/aromatic N) is 6. The Hall–Kier alpha value is -2.68. The first-order valence-electron chi connectivity index (χ1n) is 9.29. The molecule has 1 saturated carbocycles. The molecule has 1 N–H and O–H groups in total. The lowest BCUT2D eigenvalue weighted by molar-refractivity contribution is -0.113. The zero-order valence-electron chi connectivity index (χ0n) is 16.2. The number of anilines is 1. The van der Waals surface area contributed by atoms with Gasteiger partial charge in [0.15, 0.2) is 0 Å². The fraction of sp³-hybridized carbons (Fsp3) is 0.421. The van der Waals surface area contributed by atoms with Crippen LogP contribution in [0.3, 0.4) is 0 Å². The summed E-state index contributed by atoms with van der Waals surface area (Å²) < 4.78 is 3.53. The van der Waals surface area contributed by atoms with E-state index in [0.29, 0.717) is 16.9 Å². The zero-order valence-corrected chi connectivity index (χ0v) is 17.0. The first-order valence-corrected chi connectivity index (χ1v) is 10.3. The lowest BCUT2D eigenvalue weighted by atomic mass is 10.1. The van der Waals surface area contributed by atoms with Gasteiger partial charge in [-0.2, -0.15) is 5.10 Å². The lowest BCUT2D eigenvalue weighted by Crippen LogP contribution is -2.25. The summed E-state index contributed by atoms with van der Waals surface area (Å²) in [6.45, 7) is 6.06. The molecule has 0 spiro atoms. The predicted molar refractivity (Wildman–Crippen MR) is 108 cm³/mol. The SMILES string of the molecule is CC(C)(C)n1nnnc1SCC(=O)Nc1cc(C2CC2)nn1-c1ccccc1. The topological polar surface area (TPSA) is 90.5 Å². The molecule has 8 nitrogen and oxygen atoms in total. The molecule has 1 aromatic carbocycles. The van der Waals surface area contributed by atoms with Crippen molar-refractivity contribution in [3.05, 3.63) is 42.1 Å². The number of amides is 1. The van der Waals surface area contributed by atoms with E-state index in [2.05, 4.69) is 20.8 Å². The molecule has 0 radical (unpaired) electrons. The maximum absolute atomic E-state index is 12.6. The van der Waals surface area contributed by atoms with Crippen molar-refractivity contribution in [3.63, 3.8) is 0 Å². The number of carbonyl (C=O) groups is 1. The summed E-state index contributed by atoms with van der Waals surface area (Å²) in [5.74, 6) is 1.29. The number of tetrazole rings is 1. The normalized spacial score (nSPS) is 14.2. The monoisotopic (exact) mass is 397 g/mol. The van der Waals surface area contributed by atoms with Gasteiger partial charge in [0.2, 0.25) is 11.1 Å². The van der Waals surface area contributed by atoms with E-state index >= 15 is 0 Å². The molecule has 0 saturated heterocycles. The molecule has 1 fully saturated rings. The van der Waals surface area contributed by atoms with E-state index < -0.39 is 0 Å². The first kappa shape index (κ1) is 18.7. The van der Waals surface area contributed by atoms with E-state index in [0.717, 1.165) is 24.2 Å². The maximum Gasteiger partial charge on any atom is 0.236 e. The van der Waals surface area contributed by atoms with Crippen molar-refractivity contribution in [1.29, 1.82) is 0 Å². The van der Waals surface area contributed by atoms with E-state index in [9.17, 15) is 4.79 Å². The molecule has 9 heteroatoms. The molecule has 146 valence electrons. The van der Waals surface area contributed by atoms with Gasteiger partial charge in [0, 0.05) is 12.0 Å². The highest BCUT2D eigenvalue weighted by atomic mass is 32.2. The van der Waals surface area contributed by atoms with Crippen molar-refractivity contribution in [1.82, 2.24) is 30.0 Å². The smallest absolute Gasteiger partial charge is 0.236 e. The second-order valence-electron chi connectivity index (χ2n) is 7.86. The first-order chi connectivity index (χ1) is 13.4. The fourth-order valence-electron chi connectivity index (χ4n) is 2.83. The van der Waals surface area contributed by atoms with Crippen LogP contribution in [0.4, 0.5) is 5.82 Å². The molecule has 0 aliphatic heterocycles. The maximum atomic E-state index is 12.6. The highest BCUT2D eigenvalue weighted by Gasteiger charge is 2.28. The van der Waals surface area contributed by atoms with Gasteiger partial charge in [-0.3, -0.25) is 4.79 Å². The average Bonchev–Trinajstić information content (AvgIpc) is 3.24. The van der Waals surface area contributed by atoms with Crippen LogP contribution in [0, 0.1) is 0 Å². The number of para-hydroxylation sites is 1. The van der Waals surface area contributed by atoms with Gasteiger partial charge < -0.3 is 5.32 Å². The Balaban J connectivity index is 1.48. The average molecular weight is 398 g/mol. The Morgan fingerprint density at radius 2 is 2.00 bits per heavy atom. The van der Waals surface area contributed by atoms with Crippen molar-refractivity contribution in [2.24, 2.45) is 0 Å². The Bertz CT molecular complexity index is 970. The zero-order chi connectivity index (χ0) is 19.7. The van der Waals surface area contributed by atoms with Crippen LogP contribution in [0.5, 0.6) is 0 Å². The number of hydrogen-bond donors (Lipinski definition) is 1. The van der Waals surface area contributed by atoms with Gasteiger partial charge in [-0.05, 0) is 56.2 Å². The van der Waals surface area contributed by atoms with Crippen molar-refractivity contribution in [2.75, 3.05) is 11.1 Å². The Morgan fingerprint density at radius 3 is 2.68 bits per heavy atom. The molecule has 3 aromatic rings. The summed E-state index contributed by atoms with van der Waals surface area (Å²) >= 11 is 1.32. The third-order valence-corrected chi connectivity index (χ3v) is 5.32. The van der Waals surface area contributed by atoms with Crippen LogP contribution in [0.2, 0.25) is 0 Å². The molecule has 4 rings (SSSR count). The number of hydrogen-bond acceptors (Lipinski definition) is 6. The number of carbonyl (C=O) groups excluding carboxylic acids is 1. The van der Waals surface area contributed by atoms with Crippen LogP contribution in [0.15, 0.2) is 41.6 Å². The molecular weight excluding hydrogens is 374 g/mol. The van der Waals surface area contributed by atoms with E-state index in [1.165, 1.54) is 11.8 Å². The minimum absolute atomic E-state index is 0.118. The predicted octanol–water partition coefficient (Wildman–Crippen LogP) is 3.22. The minimum Gasteiger partial charge on any atom is -0.310 e. The Morgan fingerprint density at radius 1 is 1.25 bits per heavy atom. The number of benzene rings is 1. The quantitative estimate of drug-likeness (QED) is 0.642. The van der Waals surface area contributed by atoms with Crippen molar-refractivity contribution < 1.29 is 4.79 Å². The van der Waals surface area contributed by atoms with E-state index in [1.807, 2.05) is 57.2 Å². The van der Waals surface area contributed by atoms with E-state index in [-0.39, 0.29) is 17.2 Å². The summed E-state index contributed by atoms with van der Waals surface area (Å²) in [5.41, 5.74) is 1.71. The van der Waals surface area contributed by atoms with E-state index in [1.54, 1.807) is 9.36 Å². The summed E-state index contributed by atoms with van der Waals surface area (Å²) in [4.78, 5) is 12.6. The van der Waals surface area contributed by atoms with Crippen LogP contribution < -0.4 is 5.32 Å². The van der Waals surface area contributed by atoms with Crippen molar-refractivity contribution >= 4 is 23.5 Å². The molecule has 1 amide bonds. The number of aromatic nitrogens is 6. The van der Waals surface area contributed by atoms with E-state index in [4.69, 9.17) is 5.10 Å². The Labute approximate surface area is 167 Å². The van der Waals surface area contributed by atoms with Crippen LogP contribution in [0.1, 0.15) is 45.2 Å². The van der Waals surface area contributed by atoms with Gasteiger partial charge >= 0.3 is 0 Å². The molecule has 2 aromatic heterocycles. The highest BCUT2D eigenvalue weighted by molar-refractivity contribution is 7.99. The summed E-state index contributed by atoms with van der Waals surface area (Å²) in [6, 6.07) is 11.8. The van der Waals surface area contributed by atoms with Gasteiger partial charge in [-0.1, -0.05) is 30.0 Å². The van der Waals surface area contributed by atoms with Crippen LogP contribution in [-0.4, -0.2) is 41.6 Å². The van der Waals surface area contributed by atoms with Crippen molar-refractivity contribution in [2.45, 2.75) is 50.2 Å². The molecular formula is C19H23N7OS. The molecule has 0 atom stereocenters. The molecule has 0 unspecified atom stereocenters. The second kappa shape index (κ2) is 7.38. The van der Waals surface area contributed by atoms with Crippen molar-refractivity contribution in [3.8, 4) is 5.69 Å². The number of nitrogens with one attached hydrogen (secondary N) is 1. The molecule has 2 heterocycles. The second-order valence-corrected chi connectivity index (χ2v) is 8.80. The summed E-state index contributed by atoms with van der Waals surface area (Å²) in [5, 5.41) is 20.1. The minimum atomic E-state index is -0.243. The number of thioether (sulfide) groups is 1. The van der Waals surface area contributed by atoms with Gasteiger partial charge in [0.1, 0.15) is 5.82 Å².